The van der Waals surface area contributed by atoms with Crippen molar-refractivity contribution >= 4 is 28.7 Å². The number of hydrogen-bond donors (Lipinski definition) is 2. The summed E-state index contributed by atoms with van der Waals surface area (Å²) in [6.07, 6.45) is 0. The normalized spacial score (nSPS) is 10.0. The molecule has 0 fully saturated rings. The van der Waals surface area contributed by atoms with Crippen LogP contribution in [0.1, 0.15) is 0 Å². The minimum absolute atomic E-state index is 0.0000242. The van der Waals surface area contributed by atoms with Gasteiger partial charge in [-0.25, -0.2) is 0 Å². The van der Waals surface area contributed by atoms with Crippen molar-refractivity contribution in [2.24, 2.45) is 0 Å². The third-order valence-electron chi connectivity index (χ3n) is 2.82. The second-order valence-electron chi connectivity index (χ2n) is 4.46. The van der Waals surface area contributed by atoms with E-state index in [0.29, 0.717) is 17.1 Å². The predicted octanol–water partition coefficient (Wildman–Crippen LogP) is 2.92. The third kappa shape index (κ3) is 4.03. The van der Waals surface area contributed by atoms with Gasteiger partial charge in [0.05, 0.1) is 4.92 Å². The van der Waals surface area contributed by atoms with E-state index < -0.39 is 4.92 Å². The smallest absolute Gasteiger partial charge is 0.292 e. The van der Waals surface area contributed by atoms with Crippen molar-refractivity contribution in [2.75, 3.05) is 24.4 Å². The number of nitrogens with zero attached hydrogens (tertiary/aromatic N) is 1. The molecular weight excluding hydrogens is 286 g/mol. The van der Waals surface area contributed by atoms with Gasteiger partial charge in [-0.1, -0.05) is 12.1 Å². The van der Waals surface area contributed by atoms with E-state index in [1.165, 1.54) is 13.2 Å². The number of anilines is 3. The molecule has 0 bridgehead atoms. The number of nitro groups is 1. The fourth-order valence-electron chi connectivity index (χ4n) is 1.86. The second kappa shape index (κ2) is 7.19. The minimum Gasteiger partial charge on any atom is -0.375 e. The average molecular weight is 301 g/mol. The predicted molar refractivity (Wildman–Crippen MR) is 83.3 cm³/mol. The number of amides is 1. The number of carbonyl (C=O) groups is 1. The number of para-hydroxylation sites is 2. The molecule has 1 amide bonds. The summed E-state index contributed by atoms with van der Waals surface area (Å²) in [5.41, 5.74) is 1.71. The van der Waals surface area contributed by atoms with Crippen molar-refractivity contribution < 1.29 is 14.5 Å². The molecule has 0 aliphatic carbocycles. The molecule has 0 heterocycles. The number of nitro benzene ring substituents is 1. The SMILES string of the molecule is COCC(=O)Nc1ccc(Nc2ccccc2[N+](=O)[O-])cc1. The van der Waals surface area contributed by atoms with E-state index in [0.717, 1.165) is 0 Å². The van der Waals surface area contributed by atoms with Crippen molar-refractivity contribution in [1.29, 1.82) is 0 Å². The Morgan fingerprint density at radius 1 is 1.14 bits per heavy atom. The summed E-state index contributed by atoms with van der Waals surface area (Å²) in [5.74, 6) is -0.248. The molecule has 7 nitrogen and oxygen atoms in total. The molecule has 0 spiro atoms. The molecule has 0 aliphatic heterocycles. The lowest BCUT2D eigenvalue weighted by Gasteiger charge is -2.09. The van der Waals surface area contributed by atoms with Gasteiger partial charge in [0.25, 0.3) is 5.69 Å². The fraction of sp³-hybridized carbons (Fsp3) is 0.133. The van der Waals surface area contributed by atoms with Crippen LogP contribution in [0, 0.1) is 10.1 Å². The molecule has 2 N–H and O–H groups in total. The van der Waals surface area contributed by atoms with E-state index in [-0.39, 0.29) is 18.2 Å². The van der Waals surface area contributed by atoms with Gasteiger partial charge < -0.3 is 15.4 Å². The number of rotatable bonds is 6. The van der Waals surface area contributed by atoms with Crippen molar-refractivity contribution in [3.05, 3.63) is 58.6 Å². The van der Waals surface area contributed by atoms with Crippen LogP contribution in [0.5, 0.6) is 0 Å². The third-order valence-corrected chi connectivity index (χ3v) is 2.82. The molecule has 2 rings (SSSR count). The van der Waals surface area contributed by atoms with Gasteiger partial charge in [0, 0.05) is 24.6 Å². The topological polar surface area (TPSA) is 93.5 Å². The van der Waals surface area contributed by atoms with Crippen LogP contribution in [0.4, 0.5) is 22.7 Å². The lowest BCUT2D eigenvalue weighted by Crippen LogP contribution is -2.16. The summed E-state index contributed by atoms with van der Waals surface area (Å²) >= 11 is 0. The Bertz CT molecular complexity index is 671. The molecule has 114 valence electrons. The van der Waals surface area contributed by atoms with Crippen LogP contribution in [0.2, 0.25) is 0 Å². The molecule has 0 atom stereocenters. The molecule has 0 radical (unpaired) electrons. The summed E-state index contributed by atoms with van der Waals surface area (Å²) in [6, 6.07) is 13.2. The van der Waals surface area contributed by atoms with E-state index >= 15 is 0 Å². The van der Waals surface area contributed by atoms with Crippen LogP contribution in [-0.2, 0) is 9.53 Å². The highest BCUT2D eigenvalue weighted by molar-refractivity contribution is 5.91. The molecule has 0 saturated carbocycles. The fourth-order valence-corrected chi connectivity index (χ4v) is 1.86. The summed E-state index contributed by atoms with van der Waals surface area (Å²) in [5, 5.41) is 16.6. The maximum absolute atomic E-state index is 11.4. The zero-order chi connectivity index (χ0) is 15.9. The molecule has 22 heavy (non-hydrogen) atoms. The Balaban J connectivity index is 2.09. The van der Waals surface area contributed by atoms with E-state index in [1.54, 1.807) is 42.5 Å². The highest BCUT2D eigenvalue weighted by Crippen LogP contribution is 2.27. The van der Waals surface area contributed by atoms with Crippen LogP contribution < -0.4 is 10.6 Å². The van der Waals surface area contributed by atoms with Gasteiger partial charge in [-0.2, -0.15) is 0 Å². The Morgan fingerprint density at radius 3 is 2.41 bits per heavy atom. The number of methoxy groups -OCH3 is 1. The number of hydrogen-bond acceptors (Lipinski definition) is 5. The van der Waals surface area contributed by atoms with Crippen molar-refractivity contribution in [1.82, 2.24) is 0 Å². The Hall–Kier alpha value is -2.93. The Morgan fingerprint density at radius 2 is 1.77 bits per heavy atom. The standard InChI is InChI=1S/C15H15N3O4/c1-22-10-15(19)17-12-8-6-11(7-9-12)16-13-4-2-3-5-14(13)18(20)21/h2-9,16H,10H2,1H3,(H,17,19). The van der Waals surface area contributed by atoms with Gasteiger partial charge >= 0.3 is 0 Å². The van der Waals surface area contributed by atoms with E-state index in [4.69, 9.17) is 4.74 Å². The zero-order valence-corrected chi connectivity index (χ0v) is 11.9. The first-order valence-corrected chi connectivity index (χ1v) is 6.49. The maximum Gasteiger partial charge on any atom is 0.292 e. The lowest BCUT2D eigenvalue weighted by molar-refractivity contribution is -0.383. The van der Waals surface area contributed by atoms with E-state index in [2.05, 4.69) is 10.6 Å². The summed E-state index contributed by atoms with van der Waals surface area (Å²) in [7, 11) is 1.44. The van der Waals surface area contributed by atoms with Gasteiger partial charge in [0.2, 0.25) is 5.91 Å². The van der Waals surface area contributed by atoms with Crippen LogP contribution >= 0.6 is 0 Å². The van der Waals surface area contributed by atoms with Crippen LogP contribution in [0.3, 0.4) is 0 Å². The van der Waals surface area contributed by atoms with Crippen LogP contribution in [0.15, 0.2) is 48.5 Å². The molecule has 0 aliphatic rings. The van der Waals surface area contributed by atoms with Gasteiger partial charge in [-0.05, 0) is 30.3 Å². The van der Waals surface area contributed by atoms with Crippen molar-refractivity contribution in [3.63, 3.8) is 0 Å². The molecule has 0 aromatic heterocycles. The number of carbonyl (C=O) groups excluding carboxylic acids is 1. The highest BCUT2D eigenvalue weighted by Gasteiger charge is 2.12. The largest absolute Gasteiger partial charge is 0.375 e. The lowest BCUT2D eigenvalue weighted by atomic mass is 10.2. The molecule has 0 unspecified atom stereocenters. The summed E-state index contributed by atoms with van der Waals surface area (Å²) < 4.78 is 4.73. The minimum atomic E-state index is -0.443. The highest BCUT2D eigenvalue weighted by atomic mass is 16.6. The van der Waals surface area contributed by atoms with Crippen molar-refractivity contribution in [3.8, 4) is 0 Å². The van der Waals surface area contributed by atoms with Gasteiger partial charge in [-0.3, -0.25) is 14.9 Å². The first kappa shape index (κ1) is 15.5. The monoisotopic (exact) mass is 301 g/mol. The zero-order valence-electron chi connectivity index (χ0n) is 11.9. The first-order chi connectivity index (χ1) is 10.6. The quantitative estimate of drug-likeness (QED) is 0.632. The van der Waals surface area contributed by atoms with Crippen LogP contribution in [0.25, 0.3) is 0 Å². The first-order valence-electron chi connectivity index (χ1n) is 6.49. The maximum atomic E-state index is 11.4. The van der Waals surface area contributed by atoms with Crippen molar-refractivity contribution in [2.45, 2.75) is 0 Å². The van der Waals surface area contributed by atoms with Gasteiger partial charge in [-0.15, -0.1) is 0 Å². The second-order valence-corrected chi connectivity index (χ2v) is 4.46. The number of benzene rings is 2. The van der Waals surface area contributed by atoms with Crippen LogP contribution in [-0.4, -0.2) is 24.5 Å². The number of ether oxygens (including phenoxy) is 1. The van der Waals surface area contributed by atoms with Gasteiger partial charge in [0.1, 0.15) is 12.3 Å². The molecule has 2 aromatic carbocycles. The molecule has 2 aromatic rings. The number of nitrogens with one attached hydrogen (secondary N) is 2. The van der Waals surface area contributed by atoms with Gasteiger partial charge in [0.15, 0.2) is 0 Å². The molecule has 7 heteroatoms. The Labute approximate surface area is 127 Å². The Kier molecular flexibility index (Phi) is 5.05. The molecule has 0 saturated heterocycles. The summed E-state index contributed by atoms with van der Waals surface area (Å²) in [6.45, 7) is -0.0176. The van der Waals surface area contributed by atoms with E-state index in [1.807, 2.05) is 0 Å². The average Bonchev–Trinajstić information content (AvgIpc) is 2.50. The summed E-state index contributed by atoms with van der Waals surface area (Å²) in [4.78, 5) is 21.9. The molecular formula is C15H15N3O4. The van der Waals surface area contributed by atoms with E-state index in [9.17, 15) is 14.9 Å².